The van der Waals surface area contributed by atoms with Crippen LogP contribution in [-0.4, -0.2) is 24.1 Å². The molecule has 0 aliphatic rings. The van der Waals surface area contributed by atoms with Gasteiger partial charge in [0.25, 0.3) is 0 Å². The third kappa shape index (κ3) is 5.86. The summed E-state index contributed by atoms with van der Waals surface area (Å²) in [6.07, 6.45) is 0. The third-order valence-electron chi connectivity index (χ3n) is 13.4. The summed E-state index contributed by atoms with van der Waals surface area (Å²) < 4.78 is 11.2. The molecule has 4 heterocycles. The molecule has 0 spiro atoms. The van der Waals surface area contributed by atoms with Gasteiger partial charge in [-0.25, -0.2) is 4.98 Å². The first kappa shape index (κ1) is 37.3. The van der Waals surface area contributed by atoms with Crippen molar-refractivity contribution >= 4 is 76.3 Å². The Hall–Kier alpha value is -9.13. The number of furan rings is 1. The van der Waals surface area contributed by atoms with E-state index in [2.05, 4.69) is 173 Å². The Balaban J connectivity index is 0.957. The van der Waals surface area contributed by atoms with Crippen molar-refractivity contribution in [3.63, 3.8) is 0 Å². The Bertz CT molecular complexity index is 4210. The summed E-state index contributed by atoms with van der Waals surface area (Å²) in [6, 6.07) is 79.2. The van der Waals surface area contributed by atoms with Crippen LogP contribution >= 0.6 is 0 Å². The lowest BCUT2D eigenvalue weighted by Gasteiger charge is -2.11. The van der Waals surface area contributed by atoms with E-state index in [9.17, 15) is 0 Å². The third-order valence-corrected chi connectivity index (χ3v) is 13.4. The van der Waals surface area contributed by atoms with Crippen LogP contribution in [0.25, 0.3) is 133 Å². The quantitative estimate of drug-likeness (QED) is 0.167. The minimum atomic E-state index is 0.567. The lowest BCUT2D eigenvalue weighted by molar-refractivity contribution is 0.669. The molecule has 0 saturated carbocycles. The maximum atomic E-state index is 6.61. The van der Waals surface area contributed by atoms with E-state index in [1.54, 1.807) is 0 Å². The van der Waals surface area contributed by atoms with Gasteiger partial charge in [0.2, 0.25) is 5.95 Å². The van der Waals surface area contributed by atoms with Crippen LogP contribution in [0.5, 0.6) is 0 Å². The molecule has 0 N–H and O–H groups in total. The second-order valence-electron chi connectivity index (χ2n) is 17.2. The molecular formula is C61H37N5O. The topological polar surface area (TPSA) is 61.7 Å². The average molecular weight is 856 g/mol. The van der Waals surface area contributed by atoms with E-state index >= 15 is 0 Å². The first-order chi connectivity index (χ1) is 33.2. The molecule has 312 valence electrons. The summed E-state index contributed by atoms with van der Waals surface area (Å²) in [5.74, 6) is 1.81. The van der Waals surface area contributed by atoms with Crippen LogP contribution in [0.15, 0.2) is 229 Å². The lowest BCUT2D eigenvalue weighted by atomic mass is 9.96. The predicted molar refractivity (Wildman–Crippen MR) is 275 cm³/mol. The van der Waals surface area contributed by atoms with Crippen molar-refractivity contribution in [1.29, 1.82) is 0 Å². The van der Waals surface area contributed by atoms with Crippen molar-refractivity contribution < 1.29 is 4.42 Å². The summed E-state index contributed by atoms with van der Waals surface area (Å²) in [5, 5.41) is 9.24. The van der Waals surface area contributed by atoms with Gasteiger partial charge >= 0.3 is 0 Å². The highest BCUT2D eigenvalue weighted by atomic mass is 16.3. The molecule has 4 aromatic heterocycles. The number of fused-ring (bicyclic) bond motifs is 11. The number of nitrogens with zero attached hydrogens (tertiary/aromatic N) is 5. The van der Waals surface area contributed by atoms with E-state index < -0.39 is 0 Å². The SMILES string of the molecule is c1ccc(-c2nc(-c3ccccc3)nc(-n3c4ccc(-c5ccc6oc7cccc(-c8ccc9c(c8)c8ccccc8n9-c8ccccc8)c7c6c5)cc4c4c5ccccc5ccc43)n2)cc1. The Labute approximate surface area is 384 Å². The molecule has 0 fully saturated rings. The molecule has 67 heavy (non-hydrogen) atoms. The number of para-hydroxylation sites is 2. The Kier molecular flexibility index (Phi) is 8.18. The molecule has 0 bridgehead atoms. The molecule has 0 atom stereocenters. The zero-order valence-electron chi connectivity index (χ0n) is 36.0. The van der Waals surface area contributed by atoms with Crippen molar-refractivity contribution in [3.8, 4) is 56.7 Å². The van der Waals surface area contributed by atoms with Gasteiger partial charge in [0, 0.05) is 49.1 Å². The van der Waals surface area contributed by atoms with Gasteiger partial charge in [0.1, 0.15) is 11.2 Å². The molecule has 0 aliphatic carbocycles. The van der Waals surface area contributed by atoms with Crippen molar-refractivity contribution in [1.82, 2.24) is 24.1 Å². The average Bonchev–Trinajstić information content (AvgIpc) is 4.06. The molecule has 6 nitrogen and oxygen atoms in total. The smallest absolute Gasteiger partial charge is 0.238 e. The Morgan fingerprint density at radius 2 is 0.896 bits per heavy atom. The van der Waals surface area contributed by atoms with Crippen LogP contribution in [0.2, 0.25) is 0 Å². The first-order valence-corrected chi connectivity index (χ1v) is 22.6. The number of hydrogen-bond acceptors (Lipinski definition) is 4. The largest absolute Gasteiger partial charge is 0.456 e. The van der Waals surface area contributed by atoms with Gasteiger partial charge in [-0.1, -0.05) is 158 Å². The summed E-state index contributed by atoms with van der Waals surface area (Å²) in [7, 11) is 0. The molecular weight excluding hydrogens is 819 g/mol. The number of aromatic nitrogens is 5. The fourth-order valence-electron chi connectivity index (χ4n) is 10.3. The van der Waals surface area contributed by atoms with Gasteiger partial charge in [0.15, 0.2) is 11.6 Å². The highest BCUT2D eigenvalue weighted by Crippen LogP contribution is 2.43. The fraction of sp³-hybridized carbons (Fsp3) is 0. The van der Waals surface area contributed by atoms with Crippen LogP contribution in [0.1, 0.15) is 0 Å². The zero-order valence-corrected chi connectivity index (χ0v) is 36.0. The zero-order chi connectivity index (χ0) is 44.0. The second kappa shape index (κ2) is 14.7. The summed E-state index contributed by atoms with van der Waals surface area (Å²) in [6.45, 7) is 0. The fourth-order valence-corrected chi connectivity index (χ4v) is 10.3. The van der Waals surface area contributed by atoms with Gasteiger partial charge in [-0.15, -0.1) is 0 Å². The van der Waals surface area contributed by atoms with Crippen LogP contribution in [0.4, 0.5) is 0 Å². The normalized spacial score (nSPS) is 11.9. The van der Waals surface area contributed by atoms with Crippen LogP contribution < -0.4 is 0 Å². The van der Waals surface area contributed by atoms with Gasteiger partial charge in [-0.05, 0) is 99.8 Å². The minimum absolute atomic E-state index is 0.567. The monoisotopic (exact) mass is 855 g/mol. The van der Waals surface area contributed by atoms with Gasteiger partial charge in [-0.3, -0.25) is 4.57 Å². The summed E-state index contributed by atoms with van der Waals surface area (Å²) >= 11 is 0. The van der Waals surface area contributed by atoms with Gasteiger partial charge in [0.05, 0.1) is 22.1 Å². The molecule has 14 rings (SSSR count). The Morgan fingerprint density at radius 3 is 1.66 bits per heavy atom. The molecule has 0 amide bonds. The molecule has 10 aromatic carbocycles. The van der Waals surface area contributed by atoms with Crippen molar-refractivity contribution in [3.05, 3.63) is 224 Å². The van der Waals surface area contributed by atoms with Crippen molar-refractivity contribution in [2.45, 2.75) is 0 Å². The molecule has 0 unspecified atom stereocenters. The van der Waals surface area contributed by atoms with E-state index in [-0.39, 0.29) is 0 Å². The van der Waals surface area contributed by atoms with E-state index in [0.29, 0.717) is 17.6 Å². The van der Waals surface area contributed by atoms with Crippen LogP contribution in [0, 0.1) is 0 Å². The molecule has 0 saturated heterocycles. The van der Waals surface area contributed by atoms with Crippen LogP contribution in [-0.2, 0) is 0 Å². The van der Waals surface area contributed by atoms with Crippen LogP contribution in [0.3, 0.4) is 0 Å². The molecule has 0 aliphatic heterocycles. The van der Waals surface area contributed by atoms with Crippen molar-refractivity contribution in [2.75, 3.05) is 0 Å². The molecule has 0 radical (unpaired) electrons. The predicted octanol–water partition coefficient (Wildman–Crippen LogP) is 15.8. The van der Waals surface area contributed by atoms with Crippen molar-refractivity contribution in [2.24, 2.45) is 0 Å². The van der Waals surface area contributed by atoms with E-state index in [1.807, 2.05) is 60.7 Å². The number of benzene rings is 10. The first-order valence-electron chi connectivity index (χ1n) is 22.6. The maximum Gasteiger partial charge on any atom is 0.238 e. The number of hydrogen-bond donors (Lipinski definition) is 0. The highest BCUT2D eigenvalue weighted by Gasteiger charge is 2.21. The molecule has 6 heteroatoms. The van der Waals surface area contributed by atoms with E-state index in [0.717, 1.165) is 82.8 Å². The second-order valence-corrected chi connectivity index (χ2v) is 17.2. The Morgan fingerprint density at radius 1 is 0.313 bits per heavy atom. The summed E-state index contributed by atoms with van der Waals surface area (Å²) in [4.78, 5) is 15.4. The van der Waals surface area contributed by atoms with Gasteiger partial charge < -0.3 is 8.98 Å². The minimum Gasteiger partial charge on any atom is -0.456 e. The van der Waals surface area contributed by atoms with E-state index in [4.69, 9.17) is 19.4 Å². The van der Waals surface area contributed by atoms with E-state index in [1.165, 1.54) is 32.6 Å². The lowest BCUT2D eigenvalue weighted by Crippen LogP contribution is -2.06. The standard InChI is InChI=1S/C61H37N5O/c1-4-16-39(17-5-1)59-62-60(40-18-6-2-7-19-40)64-61(63-59)66-53-31-28-41(35-49(53)57-45-22-11-10-15-38(45)27-33-54(57)66)42-30-34-55-50(36-42)58-46(24-14-26-56(58)67-55)43-29-32-52-48(37-43)47-23-12-13-25-51(47)65(52)44-20-8-3-9-21-44/h1-37H. The van der Waals surface area contributed by atoms with Gasteiger partial charge in [-0.2, -0.15) is 9.97 Å². The highest BCUT2D eigenvalue weighted by molar-refractivity contribution is 6.22. The molecule has 14 aromatic rings. The maximum absolute atomic E-state index is 6.61. The number of rotatable bonds is 6. The summed E-state index contributed by atoms with van der Waals surface area (Å²) in [5.41, 5.74) is 13.6.